The fourth-order valence-electron chi connectivity index (χ4n) is 5.26. The van der Waals surface area contributed by atoms with Gasteiger partial charge in [-0.2, -0.15) is 0 Å². The van der Waals surface area contributed by atoms with E-state index in [1.165, 1.54) is 6.92 Å². The molecule has 0 saturated carbocycles. The van der Waals surface area contributed by atoms with Crippen molar-refractivity contribution in [1.29, 1.82) is 0 Å². The Kier molecular flexibility index (Phi) is 21.0. The van der Waals surface area contributed by atoms with Crippen molar-refractivity contribution < 1.29 is 103 Å². The number of carbonyl (C=O) groups is 8. The number of aliphatic hydroxyl groups is 8. The summed E-state index contributed by atoms with van der Waals surface area (Å²) >= 11 is 0. The van der Waals surface area contributed by atoms with Crippen LogP contribution in [0.3, 0.4) is 0 Å². The Labute approximate surface area is 340 Å². The average Bonchev–Trinajstić information content (AvgIpc) is 3.20. The van der Waals surface area contributed by atoms with Gasteiger partial charge in [-0.05, 0) is 13.8 Å². The maximum absolute atomic E-state index is 13.2. The van der Waals surface area contributed by atoms with Crippen LogP contribution in [0.2, 0.25) is 0 Å². The summed E-state index contributed by atoms with van der Waals surface area (Å²) in [5, 5.41) is 103. The summed E-state index contributed by atoms with van der Waals surface area (Å²) in [5.74, 6) is -8.30. The van der Waals surface area contributed by atoms with E-state index in [-0.39, 0.29) is 0 Å². The van der Waals surface area contributed by atoms with Gasteiger partial charge in [-0.3, -0.25) is 38.4 Å². The molecular weight excluding hydrogens is 818 g/mol. The van der Waals surface area contributed by atoms with Gasteiger partial charge in [0.25, 0.3) is 0 Å². The van der Waals surface area contributed by atoms with E-state index in [1.807, 2.05) is 0 Å². The van der Waals surface area contributed by atoms with Gasteiger partial charge in [0.1, 0.15) is 86.2 Å². The maximum atomic E-state index is 13.2. The number of aliphatic hydroxyl groups excluding tert-OH is 8. The molecule has 342 valence electrons. The van der Waals surface area contributed by atoms with Crippen LogP contribution in [-0.4, -0.2) is 225 Å². The number of carboxylic acids is 1. The van der Waals surface area contributed by atoms with Crippen LogP contribution in [0.25, 0.3) is 0 Å². The van der Waals surface area contributed by atoms with E-state index in [0.717, 1.165) is 13.8 Å². The van der Waals surface area contributed by atoms with Gasteiger partial charge in [0, 0.05) is 20.0 Å². The molecule has 0 aromatic rings. The van der Waals surface area contributed by atoms with Crippen LogP contribution in [0, 0.1) is 0 Å². The molecule has 0 aromatic carbocycles. The Morgan fingerprint density at radius 2 is 1.00 bits per heavy atom. The van der Waals surface area contributed by atoms with Crippen molar-refractivity contribution in [3.05, 3.63) is 0 Å². The number of carbonyl (C=O) groups excluding carboxylic acids is 7. The molecule has 0 radical (unpaired) electrons. The summed E-state index contributed by atoms with van der Waals surface area (Å²) in [6.45, 7) is -2.18. The van der Waals surface area contributed by atoms with E-state index < -0.39 is 179 Å². The summed E-state index contributed by atoms with van der Waals surface area (Å²) < 4.78 is 20.5. The monoisotopic (exact) mass is 871 g/mol. The van der Waals surface area contributed by atoms with Crippen LogP contribution in [0.15, 0.2) is 0 Å². The van der Waals surface area contributed by atoms with Gasteiger partial charge in [-0.1, -0.05) is 0 Å². The number of aliphatic carboxylic acids is 1. The van der Waals surface area contributed by atoms with E-state index in [2.05, 4.69) is 37.2 Å². The molecule has 2 aliphatic heterocycles. The number of carboxylic acid groups (broad SMARTS) is 1. The third kappa shape index (κ3) is 15.7. The molecule has 14 atom stereocenters. The zero-order chi connectivity index (χ0) is 45.4. The Morgan fingerprint density at radius 1 is 0.550 bits per heavy atom. The summed E-state index contributed by atoms with van der Waals surface area (Å²) in [6, 6.07) is -6.04. The predicted octanol–water partition coefficient (Wildman–Crippen LogP) is -10.9. The van der Waals surface area contributed by atoms with Crippen molar-refractivity contribution in [1.82, 2.24) is 37.2 Å². The molecule has 16 N–H and O–H groups in total. The highest BCUT2D eigenvalue weighted by molar-refractivity contribution is 5.95. The SMILES string of the molecule is CC(=O)N[C@@H](C)C(=O)N[C@@H](CNC(=O)CO[C@H]1O[C@H](CO)[C@@H](O)[C@H](O)[C@@H]1O)C(=O)NCC(=O)N[C@@H](CNC(=O)CO[C@H]1O[C@H](CO)[C@@H](O)[C@H](O)[C@@H]1O)C(=O)N[C@@H](C)C(=O)O. The molecule has 28 heteroatoms. The zero-order valence-corrected chi connectivity index (χ0v) is 32.5. The highest BCUT2D eigenvalue weighted by Gasteiger charge is 2.45. The first-order chi connectivity index (χ1) is 28.1. The van der Waals surface area contributed by atoms with Crippen LogP contribution in [-0.2, 0) is 57.3 Å². The third-order valence-electron chi connectivity index (χ3n) is 8.71. The van der Waals surface area contributed by atoms with E-state index in [4.69, 9.17) is 18.9 Å². The first-order valence-corrected chi connectivity index (χ1v) is 18.2. The van der Waals surface area contributed by atoms with Crippen molar-refractivity contribution in [2.45, 2.75) is 106 Å². The summed E-state index contributed by atoms with van der Waals surface area (Å²) in [6.07, 6.45) is -16.8. The molecule has 0 aromatic heterocycles. The molecule has 2 aliphatic rings. The number of nitrogens with one attached hydrogen (secondary N) is 7. The van der Waals surface area contributed by atoms with Gasteiger partial charge in [0.05, 0.1) is 19.8 Å². The van der Waals surface area contributed by atoms with Crippen LogP contribution in [0.1, 0.15) is 20.8 Å². The molecule has 2 fully saturated rings. The minimum Gasteiger partial charge on any atom is -0.480 e. The summed E-state index contributed by atoms with van der Waals surface area (Å²) in [5.41, 5.74) is 0. The largest absolute Gasteiger partial charge is 0.480 e. The second-order valence-electron chi connectivity index (χ2n) is 13.5. The standard InChI is InChI=1S/C32H53N7O21/c1-11(36-13(3)42)27(52)39-14(4-33-19(44)9-57-31-25(50)23(48)21(46)16(7-40)59-31)28(53)35-6-18(43)38-15(29(54)37-12(2)30(55)56)5-34-20(45)10-58-32-26(51)24(49)22(47)17(8-41)60-32/h11-12,14-17,21-26,31-32,40-41,46-51H,4-10H2,1-3H3,(H,33,44)(H,34,45)(H,35,53)(H,36,42)(H,37,54)(H,38,43)(H,39,52)(H,55,56)/t11-,12-,14-,15-,16+,17+,21+,22+,23-,24-,25-,26-,31-,32-/m0/s1. The van der Waals surface area contributed by atoms with Gasteiger partial charge < -0.3 is 102 Å². The van der Waals surface area contributed by atoms with Crippen molar-refractivity contribution in [3.8, 4) is 0 Å². The minimum atomic E-state index is -1.84. The van der Waals surface area contributed by atoms with Gasteiger partial charge in [0.15, 0.2) is 12.6 Å². The smallest absolute Gasteiger partial charge is 0.325 e. The minimum absolute atomic E-state index is 0.608. The van der Waals surface area contributed by atoms with Crippen molar-refractivity contribution in [2.75, 3.05) is 46.1 Å². The highest BCUT2D eigenvalue weighted by atomic mass is 16.7. The topological polar surface area (TPSA) is 440 Å². The number of amides is 7. The molecule has 0 bridgehead atoms. The lowest BCUT2D eigenvalue weighted by Crippen LogP contribution is -2.60. The Bertz CT molecular complexity index is 1510. The van der Waals surface area contributed by atoms with Gasteiger partial charge in [0.2, 0.25) is 41.4 Å². The zero-order valence-electron chi connectivity index (χ0n) is 32.5. The number of ether oxygens (including phenoxy) is 4. The Morgan fingerprint density at radius 3 is 1.42 bits per heavy atom. The number of hydrogen-bond acceptors (Lipinski definition) is 20. The predicted molar refractivity (Wildman–Crippen MR) is 191 cm³/mol. The maximum Gasteiger partial charge on any atom is 0.325 e. The van der Waals surface area contributed by atoms with Crippen molar-refractivity contribution in [2.24, 2.45) is 0 Å². The van der Waals surface area contributed by atoms with Crippen LogP contribution in [0.5, 0.6) is 0 Å². The molecule has 60 heavy (non-hydrogen) atoms. The Balaban J connectivity index is 2.07. The van der Waals surface area contributed by atoms with Crippen molar-refractivity contribution >= 4 is 47.3 Å². The van der Waals surface area contributed by atoms with Crippen molar-refractivity contribution in [3.63, 3.8) is 0 Å². The molecule has 7 amide bonds. The normalized spacial score (nSPS) is 28.4. The Hall–Kier alpha value is -4.72. The first-order valence-electron chi connectivity index (χ1n) is 18.2. The molecule has 2 saturated heterocycles. The fraction of sp³-hybridized carbons (Fsp3) is 0.750. The van der Waals surface area contributed by atoms with Gasteiger partial charge in [-0.25, -0.2) is 0 Å². The van der Waals surface area contributed by atoms with Gasteiger partial charge >= 0.3 is 5.97 Å². The number of rotatable bonds is 22. The average molecular weight is 872 g/mol. The second kappa shape index (κ2) is 24.5. The molecule has 0 unspecified atom stereocenters. The van der Waals surface area contributed by atoms with E-state index >= 15 is 0 Å². The number of hydrogen-bond donors (Lipinski definition) is 16. The molecule has 28 nitrogen and oxygen atoms in total. The van der Waals surface area contributed by atoms with Crippen LogP contribution >= 0.6 is 0 Å². The summed E-state index contributed by atoms with van der Waals surface area (Å²) in [4.78, 5) is 99.7. The molecular formula is C32H53N7O21. The molecule has 2 rings (SSSR count). The fourth-order valence-corrected chi connectivity index (χ4v) is 5.26. The van der Waals surface area contributed by atoms with Gasteiger partial charge in [-0.15, -0.1) is 0 Å². The quantitative estimate of drug-likeness (QED) is 0.0480. The summed E-state index contributed by atoms with van der Waals surface area (Å²) in [7, 11) is 0. The van der Waals surface area contributed by atoms with Crippen LogP contribution < -0.4 is 37.2 Å². The van der Waals surface area contributed by atoms with E-state index in [0.29, 0.717) is 0 Å². The highest BCUT2D eigenvalue weighted by Crippen LogP contribution is 2.23. The molecule has 2 heterocycles. The lowest BCUT2D eigenvalue weighted by atomic mass is 9.99. The second-order valence-corrected chi connectivity index (χ2v) is 13.5. The third-order valence-corrected chi connectivity index (χ3v) is 8.71. The van der Waals surface area contributed by atoms with E-state index in [9.17, 15) is 84.3 Å². The lowest BCUT2D eigenvalue weighted by molar-refractivity contribution is -0.299. The molecule has 0 aliphatic carbocycles. The first kappa shape index (κ1) is 51.4. The van der Waals surface area contributed by atoms with Crippen LogP contribution in [0.4, 0.5) is 0 Å². The van der Waals surface area contributed by atoms with E-state index in [1.54, 1.807) is 0 Å². The lowest BCUT2D eigenvalue weighted by Gasteiger charge is -2.39. The molecule has 0 spiro atoms.